The van der Waals surface area contributed by atoms with E-state index in [-0.39, 0.29) is 18.3 Å². The molecule has 0 unspecified atom stereocenters. The molecule has 5 nitrogen and oxygen atoms in total. The molecule has 156 valence electrons. The molecule has 0 saturated heterocycles. The third-order valence-electron chi connectivity index (χ3n) is 4.85. The third kappa shape index (κ3) is 4.48. The maximum atomic E-state index is 13.4. The maximum Gasteiger partial charge on any atom is 0.280 e. The number of methoxy groups -OCH3 is 1. The van der Waals surface area contributed by atoms with Crippen LogP contribution in [0.2, 0.25) is 0 Å². The lowest BCUT2D eigenvalue weighted by atomic mass is 10.1. The number of benzene rings is 3. The van der Waals surface area contributed by atoms with E-state index in [1.54, 1.807) is 44.4 Å². The van der Waals surface area contributed by atoms with Crippen molar-refractivity contribution in [2.24, 2.45) is 5.10 Å². The Hall–Kier alpha value is -3.93. The highest BCUT2D eigenvalue weighted by Gasteiger charge is 2.28. The Morgan fingerprint density at radius 2 is 1.81 bits per heavy atom. The van der Waals surface area contributed by atoms with Gasteiger partial charge in [0.2, 0.25) is 0 Å². The number of anilines is 1. The number of halogens is 1. The minimum absolute atomic E-state index is 0.186. The minimum Gasteiger partial charge on any atom is -0.493 e. The van der Waals surface area contributed by atoms with E-state index in [0.717, 1.165) is 11.1 Å². The molecule has 0 aliphatic carbocycles. The molecule has 0 spiro atoms. The van der Waals surface area contributed by atoms with Crippen molar-refractivity contribution in [3.8, 4) is 11.5 Å². The summed E-state index contributed by atoms with van der Waals surface area (Å²) in [6.45, 7) is 2.02. The Bertz CT molecular complexity index is 1170. The lowest BCUT2D eigenvalue weighted by Crippen LogP contribution is -2.21. The van der Waals surface area contributed by atoms with Gasteiger partial charge in [-0.05, 0) is 60.5 Å². The molecule has 1 aliphatic rings. The molecule has 3 aromatic carbocycles. The first-order chi connectivity index (χ1) is 15.0. The Kier molecular flexibility index (Phi) is 5.80. The van der Waals surface area contributed by atoms with Crippen molar-refractivity contribution in [2.45, 2.75) is 13.5 Å². The van der Waals surface area contributed by atoms with Crippen LogP contribution in [0.5, 0.6) is 11.5 Å². The van der Waals surface area contributed by atoms with Crippen LogP contribution in [-0.4, -0.2) is 18.7 Å². The lowest BCUT2D eigenvalue weighted by Gasteiger charge is -2.12. The fourth-order valence-electron chi connectivity index (χ4n) is 3.28. The Labute approximate surface area is 180 Å². The fraction of sp³-hybridized carbons (Fsp3) is 0.120. The van der Waals surface area contributed by atoms with Crippen molar-refractivity contribution in [1.29, 1.82) is 0 Å². The van der Waals surface area contributed by atoms with Crippen LogP contribution in [0.3, 0.4) is 0 Å². The summed E-state index contributed by atoms with van der Waals surface area (Å²) in [7, 11) is 1.55. The number of hydrazone groups is 1. The number of carbonyl (C=O) groups is 1. The van der Waals surface area contributed by atoms with E-state index in [4.69, 9.17) is 9.47 Å². The largest absolute Gasteiger partial charge is 0.493 e. The molecule has 1 aliphatic heterocycles. The van der Waals surface area contributed by atoms with Gasteiger partial charge in [-0.2, -0.15) is 10.1 Å². The average Bonchev–Trinajstić information content (AvgIpc) is 3.07. The molecule has 1 amide bonds. The Morgan fingerprint density at radius 1 is 1.00 bits per heavy atom. The van der Waals surface area contributed by atoms with Gasteiger partial charge in [0.15, 0.2) is 11.5 Å². The number of hydrogen-bond acceptors (Lipinski definition) is 4. The van der Waals surface area contributed by atoms with Gasteiger partial charge in [-0.25, -0.2) is 4.39 Å². The summed E-state index contributed by atoms with van der Waals surface area (Å²) >= 11 is 0. The molecule has 0 N–H and O–H groups in total. The van der Waals surface area contributed by atoms with E-state index in [2.05, 4.69) is 5.10 Å². The first-order valence-electron chi connectivity index (χ1n) is 9.77. The summed E-state index contributed by atoms with van der Waals surface area (Å²) < 4.78 is 24.6. The van der Waals surface area contributed by atoms with Crippen LogP contribution in [0.1, 0.15) is 18.1 Å². The van der Waals surface area contributed by atoms with Crippen LogP contribution < -0.4 is 14.5 Å². The van der Waals surface area contributed by atoms with Crippen molar-refractivity contribution in [3.05, 3.63) is 95.3 Å². The Balaban J connectivity index is 1.54. The summed E-state index contributed by atoms with van der Waals surface area (Å²) in [5.74, 6) is 0.556. The van der Waals surface area contributed by atoms with Gasteiger partial charge in [-0.1, -0.05) is 36.4 Å². The summed E-state index contributed by atoms with van der Waals surface area (Å²) in [5.41, 5.74) is 3.37. The summed E-state index contributed by atoms with van der Waals surface area (Å²) in [4.78, 5) is 12.9. The van der Waals surface area contributed by atoms with E-state index in [0.29, 0.717) is 28.5 Å². The molecule has 0 saturated carbocycles. The van der Waals surface area contributed by atoms with Crippen LogP contribution in [0.15, 0.2) is 83.5 Å². The molecule has 1 heterocycles. The molecular formula is C25H21FN2O3. The van der Waals surface area contributed by atoms with Crippen molar-refractivity contribution in [3.63, 3.8) is 0 Å². The predicted molar refractivity (Wildman–Crippen MR) is 119 cm³/mol. The lowest BCUT2D eigenvalue weighted by molar-refractivity contribution is -0.114. The molecule has 0 fully saturated rings. The van der Waals surface area contributed by atoms with Crippen molar-refractivity contribution >= 4 is 23.4 Å². The number of ether oxygens (including phenoxy) is 2. The van der Waals surface area contributed by atoms with Crippen molar-refractivity contribution < 1.29 is 18.7 Å². The van der Waals surface area contributed by atoms with Gasteiger partial charge < -0.3 is 9.47 Å². The second-order valence-corrected chi connectivity index (χ2v) is 7.02. The second kappa shape index (κ2) is 8.83. The minimum atomic E-state index is -0.308. The van der Waals surface area contributed by atoms with E-state index in [9.17, 15) is 9.18 Å². The SMILES string of the molecule is COc1cc(C=C2C(=O)N(c3ccccc3)N=C2C)ccc1OCc1cccc(F)c1. The summed E-state index contributed by atoms with van der Waals surface area (Å²) in [6, 6.07) is 20.9. The average molecular weight is 416 g/mol. The quantitative estimate of drug-likeness (QED) is 0.518. The van der Waals surface area contributed by atoms with Crippen molar-refractivity contribution in [2.75, 3.05) is 12.1 Å². The van der Waals surface area contributed by atoms with Crippen LogP contribution >= 0.6 is 0 Å². The molecule has 31 heavy (non-hydrogen) atoms. The van der Waals surface area contributed by atoms with Gasteiger partial charge in [-0.15, -0.1) is 0 Å². The number of amides is 1. The summed E-state index contributed by atoms with van der Waals surface area (Å²) in [5, 5.41) is 5.79. The number of hydrogen-bond donors (Lipinski definition) is 0. The van der Waals surface area contributed by atoms with Crippen LogP contribution in [0, 0.1) is 5.82 Å². The highest BCUT2D eigenvalue weighted by Crippen LogP contribution is 2.31. The van der Waals surface area contributed by atoms with E-state index in [1.807, 2.05) is 36.4 Å². The summed E-state index contributed by atoms with van der Waals surface area (Å²) in [6.07, 6.45) is 1.78. The van der Waals surface area contributed by atoms with E-state index >= 15 is 0 Å². The van der Waals surface area contributed by atoms with Crippen LogP contribution in [0.4, 0.5) is 10.1 Å². The highest BCUT2D eigenvalue weighted by molar-refractivity contribution is 6.32. The molecule has 6 heteroatoms. The van der Waals surface area contributed by atoms with Gasteiger partial charge in [0.05, 0.1) is 24.1 Å². The zero-order chi connectivity index (χ0) is 21.8. The van der Waals surface area contributed by atoms with Gasteiger partial charge in [0.1, 0.15) is 12.4 Å². The van der Waals surface area contributed by atoms with Crippen molar-refractivity contribution in [1.82, 2.24) is 0 Å². The van der Waals surface area contributed by atoms with E-state index < -0.39 is 0 Å². The number of rotatable bonds is 6. The van der Waals surface area contributed by atoms with Gasteiger partial charge >= 0.3 is 0 Å². The first kappa shape index (κ1) is 20.3. The highest BCUT2D eigenvalue weighted by atomic mass is 19.1. The normalized spacial score (nSPS) is 14.7. The molecule has 0 atom stereocenters. The second-order valence-electron chi connectivity index (χ2n) is 7.02. The Morgan fingerprint density at radius 3 is 2.55 bits per heavy atom. The fourth-order valence-corrected chi connectivity index (χ4v) is 3.28. The molecule has 0 radical (unpaired) electrons. The molecular weight excluding hydrogens is 395 g/mol. The molecule has 0 aromatic heterocycles. The zero-order valence-electron chi connectivity index (χ0n) is 17.2. The third-order valence-corrected chi connectivity index (χ3v) is 4.85. The topological polar surface area (TPSA) is 51.1 Å². The first-order valence-corrected chi connectivity index (χ1v) is 9.77. The van der Waals surface area contributed by atoms with Gasteiger partial charge in [-0.3, -0.25) is 4.79 Å². The number of para-hydroxylation sites is 1. The molecule has 4 rings (SSSR count). The number of nitrogens with zero attached hydrogens (tertiary/aromatic N) is 2. The van der Waals surface area contributed by atoms with Crippen LogP contribution in [0.25, 0.3) is 6.08 Å². The van der Waals surface area contributed by atoms with Gasteiger partial charge in [0.25, 0.3) is 5.91 Å². The van der Waals surface area contributed by atoms with E-state index in [1.165, 1.54) is 17.1 Å². The number of carbonyl (C=O) groups excluding carboxylic acids is 1. The zero-order valence-corrected chi connectivity index (χ0v) is 17.2. The predicted octanol–water partition coefficient (Wildman–Crippen LogP) is 5.22. The standard InChI is InChI=1S/C25H21FN2O3/c1-17-22(25(29)28(27-17)21-9-4-3-5-10-21)14-18-11-12-23(24(15-18)30-2)31-16-19-7-6-8-20(26)13-19/h3-15H,16H2,1-2H3. The smallest absolute Gasteiger partial charge is 0.280 e. The molecule has 0 bridgehead atoms. The molecule has 3 aromatic rings. The monoisotopic (exact) mass is 416 g/mol. The van der Waals surface area contributed by atoms with Gasteiger partial charge in [0, 0.05) is 0 Å². The van der Waals surface area contributed by atoms with Crippen LogP contribution in [-0.2, 0) is 11.4 Å². The maximum absolute atomic E-state index is 13.4.